The van der Waals surface area contributed by atoms with E-state index < -0.39 is 12.5 Å². The second kappa shape index (κ2) is 4.14. The predicted octanol–water partition coefficient (Wildman–Crippen LogP) is 1.36. The monoisotopic (exact) mass is 179 g/mol. The standard InChI is InChI=1S/C8H15F2NO/c1-6(2)11-3-4-12-7(5-11)8(9)10/h6-8H,3-5H2,1-2H3. The molecule has 0 aromatic heterocycles. The van der Waals surface area contributed by atoms with Crippen LogP contribution in [0.25, 0.3) is 0 Å². The van der Waals surface area contributed by atoms with Gasteiger partial charge in [-0.3, -0.25) is 4.90 Å². The Labute approximate surface area is 71.5 Å². The van der Waals surface area contributed by atoms with Gasteiger partial charge in [0.15, 0.2) is 0 Å². The minimum Gasteiger partial charge on any atom is -0.370 e. The van der Waals surface area contributed by atoms with E-state index in [4.69, 9.17) is 4.74 Å². The van der Waals surface area contributed by atoms with E-state index in [2.05, 4.69) is 0 Å². The summed E-state index contributed by atoms with van der Waals surface area (Å²) in [5.41, 5.74) is 0. The van der Waals surface area contributed by atoms with Crippen molar-refractivity contribution < 1.29 is 13.5 Å². The Morgan fingerprint density at radius 2 is 2.08 bits per heavy atom. The van der Waals surface area contributed by atoms with Crippen LogP contribution in [-0.2, 0) is 4.74 Å². The Morgan fingerprint density at radius 1 is 1.42 bits per heavy atom. The van der Waals surface area contributed by atoms with Crippen LogP contribution < -0.4 is 0 Å². The lowest BCUT2D eigenvalue weighted by Gasteiger charge is -2.34. The Kier molecular flexibility index (Phi) is 3.40. The normalized spacial score (nSPS) is 27.0. The van der Waals surface area contributed by atoms with E-state index in [0.29, 0.717) is 19.2 Å². The number of halogens is 2. The first-order chi connectivity index (χ1) is 5.61. The highest BCUT2D eigenvalue weighted by atomic mass is 19.3. The SMILES string of the molecule is CC(C)N1CCOC(C(F)F)C1. The highest BCUT2D eigenvalue weighted by molar-refractivity contribution is 4.75. The van der Waals surface area contributed by atoms with Crippen LogP contribution in [0.2, 0.25) is 0 Å². The van der Waals surface area contributed by atoms with E-state index in [-0.39, 0.29) is 0 Å². The van der Waals surface area contributed by atoms with Crippen LogP contribution in [-0.4, -0.2) is 43.2 Å². The third-order valence-corrected chi connectivity index (χ3v) is 2.14. The molecule has 1 rings (SSSR count). The average Bonchev–Trinajstić information content (AvgIpc) is 2.04. The van der Waals surface area contributed by atoms with Gasteiger partial charge in [-0.15, -0.1) is 0 Å². The molecule has 0 saturated carbocycles. The Balaban J connectivity index is 2.40. The number of hydrogen-bond donors (Lipinski definition) is 0. The van der Waals surface area contributed by atoms with Gasteiger partial charge < -0.3 is 4.74 Å². The fourth-order valence-electron chi connectivity index (χ4n) is 1.32. The molecule has 1 heterocycles. The van der Waals surface area contributed by atoms with Crippen LogP contribution in [0.3, 0.4) is 0 Å². The molecule has 1 saturated heterocycles. The maximum absolute atomic E-state index is 12.2. The first-order valence-electron chi connectivity index (χ1n) is 4.25. The van der Waals surface area contributed by atoms with Crippen LogP contribution in [0, 0.1) is 0 Å². The molecule has 1 unspecified atom stereocenters. The Morgan fingerprint density at radius 3 is 2.58 bits per heavy atom. The van der Waals surface area contributed by atoms with Gasteiger partial charge in [-0.1, -0.05) is 0 Å². The third kappa shape index (κ3) is 2.38. The molecular formula is C8H15F2NO. The van der Waals surface area contributed by atoms with E-state index in [1.54, 1.807) is 0 Å². The van der Waals surface area contributed by atoms with E-state index in [1.807, 2.05) is 18.7 Å². The number of hydrogen-bond acceptors (Lipinski definition) is 2. The van der Waals surface area contributed by atoms with Crippen molar-refractivity contribution in [3.8, 4) is 0 Å². The molecule has 0 N–H and O–H groups in total. The zero-order chi connectivity index (χ0) is 9.14. The summed E-state index contributed by atoms with van der Waals surface area (Å²) >= 11 is 0. The number of nitrogens with zero attached hydrogens (tertiary/aromatic N) is 1. The van der Waals surface area contributed by atoms with Crippen molar-refractivity contribution in [1.82, 2.24) is 4.90 Å². The van der Waals surface area contributed by atoms with Gasteiger partial charge in [-0.05, 0) is 13.8 Å². The van der Waals surface area contributed by atoms with Crippen LogP contribution in [0.5, 0.6) is 0 Å². The van der Waals surface area contributed by atoms with Crippen molar-refractivity contribution in [2.75, 3.05) is 19.7 Å². The molecule has 0 amide bonds. The summed E-state index contributed by atoms with van der Waals surface area (Å²) in [7, 11) is 0. The molecule has 1 atom stereocenters. The van der Waals surface area contributed by atoms with Crippen molar-refractivity contribution >= 4 is 0 Å². The van der Waals surface area contributed by atoms with Crippen molar-refractivity contribution in [1.29, 1.82) is 0 Å². The van der Waals surface area contributed by atoms with Gasteiger partial charge in [0, 0.05) is 19.1 Å². The van der Waals surface area contributed by atoms with Gasteiger partial charge in [0.05, 0.1) is 6.61 Å². The fraction of sp³-hybridized carbons (Fsp3) is 1.00. The lowest BCUT2D eigenvalue weighted by molar-refractivity contribution is -0.107. The molecule has 1 aliphatic rings. The minimum absolute atomic E-state index is 0.329. The fourth-order valence-corrected chi connectivity index (χ4v) is 1.32. The van der Waals surface area contributed by atoms with Crippen molar-refractivity contribution in [3.63, 3.8) is 0 Å². The number of morpholine rings is 1. The lowest BCUT2D eigenvalue weighted by Crippen LogP contribution is -2.48. The van der Waals surface area contributed by atoms with Crippen molar-refractivity contribution in [3.05, 3.63) is 0 Å². The number of alkyl halides is 2. The molecule has 1 aliphatic heterocycles. The van der Waals surface area contributed by atoms with Crippen LogP contribution in [0.4, 0.5) is 8.78 Å². The first-order valence-corrected chi connectivity index (χ1v) is 4.25. The lowest BCUT2D eigenvalue weighted by atomic mass is 10.2. The Hall–Kier alpha value is -0.220. The van der Waals surface area contributed by atoms with Crippen LogP contribution in [0.15, 0.2) is 0 Å². The van der Waals surface area contributed by atoms with Crippen LogP contribution in [0.1, 0.15) is 13.8 Å². The second-order valence-electron chi connectivity index (χ2n) is 3.33. The molecule has 0 spiro atoms. The molecule has 0 bridgehead atoms. The molecule has 2 nitrogen and oxygen atoms in total. The van der Waals surface area contributed by atoms with Crippen molar-refractivity contribution in [2.24, 2.45) is 0 Å². The molecule has 12 heavy (non-hydrogen) atoms. The highest BCUT2D eigenvalue weighted by Gasteiger charge is 2.28. The molecule has 0 aromatic carbocycles. The molecule has 0 radical (unpaired) electrons. The quantitative estimate of drug-likeness (QED) is 0.634. The largest absolute Gasteiger partial charge is 0.370 e. The summed E-state index contributed by atoms with van der Waals surface area (Å²) in [5.74, 6) is 0. The maximum atomic E-state index is 12.2. The van der Waals surface area contributed by atoms with E-state index in [0.717, 1.165) is 6.54 Å². The molecule has 0 aromatic rings. The number of ether oxygens (including phenoxy) is 1. The van der Waals surface area contributed by atoms with Crippen LogP contribution >= 0.6 is 0 Å². The van der Waals surface area contributed by atoms with Gasteiger partial charge in [-0.25, -0.2) is 8.78 Å². The zero-order valence-corrected chi connectivity index (χ0v) is 7.46. The van der Waals surface area contributed by atoms with Gasteiger partial charge in [0.1, 0.15) is 6.10 Å². The third-order valence-electron chi connectivity index (χ3n) is 2.14. The topological polar surface area (TPSA) is 12.5 Å². The molecule has 0 aliphatic carbocycles. The van der Waals surface area contributed by atoms with E-state index in [9.17, 15) is 8.78 Å². The molecule has 1 fully saturated rings. The number of rotatable bonds is 2. The maximum Gasteiger partial charge on any atom is 0.265 e. The highest BCUT2D eigenvalue weighted by Crippen LogP contribution is 2.14. The second-order valence-corrected chi connectivity index (χ2v) is 3.33. The average molecular weight is 179 g/mol. The smallest absolute Gasteiger partial charge is 0.265 e. The summed E-state index contributed by atoms with van der Waals surface area (Å²) in [4.78, 5) is 2.01. The van der Waals surface area contributed by atoms with E-state index >= 15 is 0 Å². The van der Waals surface area contributed by atoms with Crippen molar-refractivity contribution in [2.45, 2.75) is 32.4 Å². The predicted molar refractivity (Wildman–Crippen MR) is 42.5 cm³/mol. The van der Waals surface area contributed by atoms with Gasteiger partial charge in [-0.2, -0.15) is 0 Å². The molecular weight excluding hydrogens is 164 g/mol. The van der Waals surface area contributed by atoms with E-state index in [1.165, 1.54) is 0 Å². The Bertz CT molecular complexity index is 127. The molecule has 72 valence electrons. The minimum atomic E-state index is -2.36. The van der Waals surface area contributed by atoms with Gasteiger partial charge in [0.25, 0.3) is 6.43 Å². The zero-order valence-electron chi connectivity index (χ0n) is 7.46. The summed E-state index contributed by atoms with van der Waals surface area (Å²) in [5, 5.41) is 0. The summed E-state index contributed by atoms with van der Waals surface area (Å²) in [6.45, 7) is 5.56. The molecule has 4 heteroatoms. The van der Waals surface area contributed by atoms with Gasteiger partial charge in [0.2, 0.25) is 0 Å². The van der Waals surface area contributed by atoms with Gasteiger partial charge >= 0.3 is 0 Å². The summed E-state index contributed by atoms with van der Waals surface area (Å²) in [6.07, 6.45) is -3.24. The first kappa shape index (κ1) is 9.86. The summed E-state index contributed by atoms with van der Waals surface area (Å²) < 4.78 is 29.3. The summed E-state index contributed by atoms with van der Waals surface area (Å²) in [6, 6.07) is 0.329.